The Labute approximate surface area is 118 Å². The van der Waals surface area contributed by atoms with Gasteiger partial charge in [-0.05, 0) is 18.2 Å². The molecule has 108 valence electrons. The lowest BCUT2D eigenvalue weighted by Gasteiger charge is -2.10. The van der Waals surface area contributed by atoms with Crippen LogP contribution in [0.4, 0.5) is 10.1 Å². The van der Waals surface area contributed by atoms with E-state index in [1.165, 1.54) is 18.2 Å². The van der Waals surface area contributed by atoms with Gasteiger partial charge in [0, 0.05) is 11.4 Å². The second kappa shape index (κ2) is 8.16. The zero-order valence-corrected chi connectivity index (χ0v) is 11.2. The maximum Gasteiger partial charge on any atom is 0.327 e. The number of carboxylic acids is 1. The lowest BCUT2D eigenvalue weighted by atomic mass is 10.3. The molecule has 1 aromatic carbocycles. The molecule has 0 saturated heterocycles. The van der Waals surface area contributed by atoms with Gasteiger partial charge in [-0.15, -0.1) is 11.8 Å². The van der Waals surface area contributed by atoms with Gasteiger partial charge in [-0.25, -0.2) is 9.18 Å². The Morgan fingerprint density at radius 1 is 1.45 bits per heavy atom. The molecule has 0 heterocycles. The summed E-state index contributed by atoms with van der Waals surface area (Å²) in [6, 6.07) is 4.40. The van der Waals surface area contributed by atoms with Crippen LogP contribution in [-0.4, -0.2) is 40.9 Å². The van der Waals surface area contributed by atoms with Gasteiger partial charge in [0.15, 0.2) is 0 Å². The van der Waals surface area contributed by atoms with E-state index in [-0.39, 0.29) is 17.4 Å². The minimum atomic E-state index is -1.17. The zero-order chi connectivity index (χ0) is 15.0. The van der Waals surface area contributed by atoms with Gasteiger partial charge in [0.05, 0.1) is 5.75 Å². The number of aliphatic carboxylic acids is 1. The summed E-state index contributed by atoms with van der Waals surface area (Å²) in [6.07, 6.45) is 0.298. The minimum absolute atomic E-state index is 0.000824. The lowest BCUT2D eigenvalue weighted by molar-refractivity contribution is -0.139. The number of nitrogens with one attached hydrogen (secondary N) is 2. The largest absolute Gasteiger partial charge is 0.480 e. The number of amides is 2. The zero-order valence-electron chi connectivity index (χ0n) is 10.3. The Hall–Kier alpha value is -2.09. The molecule has 3 N–H and O–H groups in total. The summed E-state index contributed by atoms with van der Waals surface area (Å²) in [5.74, 6) is -1.95. The molecular weight excluding hydrogens is 287 g/mol. The molecule has 0 aliphatic carbocycles. The van der Waals surface area contributed by atoms with Crippen LogP contribution >= 0.6 is 11.8 Å². The van der Waals surface area contributed by atoms with Gasteiger partial charge in [-0.2, -0.15) is 0 Å². The highest BCUT2D eigenvalue weighted by molar-refractivity contribution is 8.00. The van der Waals surface area contributed by atoms with Crippen LogP contribution in [0.5, 0.6) is 0 Å². The molecule has 1 unspecified atom stereocenters. The fourth-order valence-corrected chi connectivity index (χ4v) is 2.16. The van der Waals surface area contributed by atoms with Crippen LogP contribution in [0.15, 0.2) is 24.3 Å². The van der Waals surface area contributed by atoms with Crippen LogP contribution in [0.25, 0.3) is 0 Å². The van der Waals surface area contributed by atoms with Gasteiger partial charge in [0.2, 0.25) is 12.3 Å². The van der Waals surface area contributed by atoms with Crippen molar-refractivity contribution in [3.05, 3.63) is 30.1 Å². The molecule has 1 rings (SSSR count). The molecule has 0 aliphatic rings. The number of benzene rings is 1. The van der Waals surface area contributed by atoms with Gasteiger partial charge in [-0.1, -0.05) is 6.07 Å². The van der Waals surface area contributed by atoms with Crippen molar-refractivity contribution in [2.75, 3.05) is 16.8 Å². The third kappa shape index (κ3) is 5.70. The number of hydrogen-bond donors (Lipinski definition) is 3. The predicted octanol–water partition coefficient (Wildman–Crippen LogP) is 0.697. The molecule has 0 spiro atoms. The average molecular weight is 300 g/mol. The topological polar surface area (TPSA) is 95.5 Å². The Morgan fingerprint density at radius 2 is 2.20 bits per heavy atom. The van der Waals surface area contributed by atoms with Crippen molar-refractivity contribution in [2.45, 2.75) is 6.04 Å². The number of hydrogen-bond acceptors (Lipinski definition) is 4. The van der Waals surface area contributed by atoms with E-state index in [1.807, 2.05) is 0 Å². The first-order valence-electron chi connectivity index (χ1n) is 5.58. The molecule has 6 nitrogen and oxygen atoms in total. The predicted molar refractivity (Wildman–Crippen MR) is 73.0 cm³/mol. The van der Waals surface area contributed by atoms with Gasteiger partial charge < -0.3 is 15.7 Å². The SMILES string of the molecule is O=CNC(CSCC(=O)Nc1cccc(F)c1)C(=O)O. The van der Waals surface area contributed by atoms with E-state index in [2.05, 4.69) is 10.6 Å². The molecule has 20 heavy (non-hydrogen) atoms. The second-order valence-corrected chi connectivity index (χ2v) is 4.78. The Kier molecular flexibility index (Phi) is 6.51. The Morgan fingerprint density at radius 3 is 2.80 bits per heavy atom. The van der Waals surface area contributed by atoms with E-state index in [0.29, 0.717) is 12.1 Å². The van der Waals surface area contributed by atoms with Crippen molar-refractivity contribution in [1.82, 2.24) is 5.32 Å². The first-order chi connectivity index (χ1) is 9.52. The molecule has 1 aromatic rings. The first-order valence-corrected chi connectivity index (χ1v) is 6.74. The third-order valence-electron chi connectivity index (χ3n) is 2.19. The monoisotopic (exact) mass is 300 g/mol. The fourth-order valence-electron chi connectivity index (χ4n) is 1.31. The molecule has 0 aromatic heterocycles. The molecule has 0 radical (unpaired) electrons. The van der Waals surface area contributed by atoms with Gasteiger partial charge in [0.1, 0.15) is 11.9 Å². The first kappa shape index (κ1) is 16.0. The van der Waals surface area contributed by atoms with Gasteiger partial charge in [-0.3, -0.25) is 9.59 Å². The maximum atomic E-state index is 12.9. The van der Waals surface area contributed by atoms with Crippen molar-refractivity contribution >= 4 is 35.7 Å². The van der Waals surface area contributed by atoms with E-state index in [0.717, 1.165) is 11.8 Å². The van der Waals surface area contributed by atoms with Crippen LogP contribution in [0, 0.1) is 5.82 Å². The Balaban J connectivity index is 2.36. The minimum Gasteiger partial charge on any atom is -0.480 e. The number of carboxylic acid groups (broad SMARTS) is 1. The Bertz CT molecular complexity index is 498. The maximum absolute atomic E-state index is 12.9. The van der Waals surface area contributed by atoms with Crippen molar-refractivity contribution < 1.29 is 23.9 Å². The average Bonchev–Trinajstić information content (AvgIpc) is 2.37. The molecular formula is C12H13FN2O4S. The molecule has 0 fully saturated rings. The van der Waals surface area contributed by atoms with Gasteiger partial charge >= 0.3 is 5.97 Å². The van der Waals surface area contributed by atoms with Crippen molar-refractivity contribution in [3.8, 4) is 0 Å². The number of thioether (sulfide) groups is 1. The fraction of sp³-hybridized carbons (Fsp3) is 0.250. The third-order valence-corrected chi connectivity index (χ3v) is 3.23. The van der Waals surface area contributed by atoms with E-state index in [1.54, 1.807) is 6.07 Å². The lowest BCUT2D eigenvalue weighted by Crippen LogP contribution is -2.38. The highest BCUT2D eigenvalue weighted by Gasteiger charge is 2.16. The van der Waals surface area contributed by atoms with Crippen LogP contribution in [0.3, 0.4) is 0 Å². The van der Waals surface area contributed by atoms with Crippen LogP contribution in [0.1, 0.15) is 0 Å². The summed E-state index contributed by atoms with van der Waals surface area (Å²) in [6.45, 7) is 0. The number of halogens is 1. The smallest absolute Gasteiger partial charge is 0.327 e. The van der Waals surface area contributed by atoms with E-state index in [4.69, 9.17) is 5.11 Å². The van der Waals surface area contributed by atoms with Crippen molar-refractivity contribution in [1.29, 1.82) is 0 Å². The summed E-state index contributed by atoms with van der Waals surface area (Å²) in [4.78, 5) is 32.4. The van der Waals surface area contributed by atoms with Crippen molar-refractivity contribution in [2.24, 2.45) is 0 Å². The van der Waals surface area contributed by atoms with E-state index in [9.17, 15) is 18.8 Å². The molecule has 8 heteroatoms. The van der Waals surface area contributed by atoms with Crippen molar-refractivity contribution in [3.63, 3.8) is 0 Å². The van der Waals surface area contributed by atoms with Gasteiger partial charge in [0.25, 0.3) is 0 Å². The molecule has 1 atom stereocenters. The van der Waals surface area contributed by atoms with Crippen LogP contribution < -0.4 is 10.6 Å². The standard InChI is InChI=1S/C12H13FN2O4S/c13-8-2-1-3-9(4-8)15-11(17)6-20-5-10(12(18)19)14-7-16/h1-4,7,10H,5-6H2,(H,14,16)(H,15,17)(H,18,19). The quantitative estimate of drug-likeness (QED) is 0.614. The summed E-state index contributed by atoms with van der Waals surface area (Å²) >= 11 is 1.05. The van der Waals surface area contributed by atoms with E-state index >= 15 is 0 Å². The molecule has 2 amide bonds. The number of carbonyl (C=O) groups excluding carboxylic acids is 2. The molecule has 0 bridgehead atoms. The summed E-state index contributed by atoms with van der Waals surface area (Å²) in [5.41, 5.74) is 0.330. The number of anilines is 1. The summed E-state index contributed by atoms with van der Waals surface area (Å²) < 4.78 is 12.9. The normalized spacial score (nSPS) is 11.4. The highest BCUT2D eigenvalue weighted by Crippen LogP contribution is 2.10. The summed E-state index contributed by atoms with van der Waals surface area (Å²) in [7, 11) is 0. The summed E-state index contributed by atoms with van der Waals surface area (Å²) in [5, 5.41) is 13.4. The number of rotatable bonds is 8. The number of carbonyl (C=O) groups is 3. The van der Waals surface area contributed by atoms with Crippen LogP contribution in [0.2, 0.25) is 0 Å². The molecule has 0 aliphatic heterocycles. The van der Waals surface area contributed by atoms with Crippen LogP contribution in [-0.2, 0) is 14.4 Å². The molecule has 0 saturated carbocycles. The van der Waals surface area contributed by atoms with E-state index < -0.39 is 17.8 Å². The second-order valence-electron chi connectivity index (χ2n) is 3.75. The highest BCUT2D eigenvalue weighted by atomic mass is 32.2.